The van der Waals surface area contributed by atoms with Crippen molar-refractivity contribution < 1.29 is 9.32 Å². The van der Waals surface area contributed by atoms with Crippen LogP contribution in [0.25, 0.3) is 10.2 Å². The molecule has 0 saturated heterocycles. The number of thiazole rings is 1. The quantitative estimate of drug-likeness (QED) is 0.723. The van der Waals surface area contributed by atoms with Crippen LogP contribution in [0, 0.1) is 0 Å². The van der Waals surface area contributed by atoms with Gasteiger partial charge in [-0.1, -0.05) is 28.6 Å². The molecule has 0 spiro atoms. The summed E-state index contributed by atoms with van der Waals surface area (Å²) in [5.74, 6) is -0.00332. The van der Waals surface area contributed by atoms with E-state index in [1.807, 2.05) is 43.3 Å². The molecule has 114 valence electrons. The van der Waals surface area contributed by atoms with Crippen molar-refractivity contribution in [1.82, 2.24) is 15.0 Å². The minimum Gasteiger partial charge on any atom is -0.351 e. The summed E-state index contributed by atoms with van der Waals surface area (Å²) in [6.45, 7) is 1.27. The Balaban J connectivity index is 1.95. The van der Waals surface area contributed by atoms with Crippen LogP contribution in [0.3, 0.4) is 0 Å². The van der Waals surface area contributed by atoms with E-state index in [1.54, 1.807) is 11.0 Å². The van der Waals surface area contributed by atoms with E-state index in [1.165, 1.54) is 17.5 Å². The van der Waals surface area contributed by atoms with Gasteiger partial charge in [-0.25, -0.2) is 4.98 Å². The standard InChI is InChI=1S/C15H16N4O2S/c1-18(2)9-10-19(14(20)12-7-8-16-21-12)15-17-11-5-3-4-6-13(11)22-15/h3-8H,9-10H2,1-2H3. The summed E-state index contributed by atoms with van der Waals surface area (Å²) in [4.78, 5) is 20.9. The van der Waals surface area contributed by atoms with Crippen LogP contribution in [-0.4, -0.2) is 48.1 Å². The van der Waals surface area contributed by atoms with Gasteiger partial charge in [0.25, 0.3) is 5.91 Å². The van der Waals surface area contributed by atoms with Crippen LogP contribution in [-0.2, 0) is 0 Å². The number of aromatic nitrogens is 2. The zero-order valence-electron chi connectivity index (χ0n) is 12.4. The molecule has 0 unspecified atom stereocenters. The third-order valence-corrected chi connectivity index (χ3v) is 4.24. The summed E-state index contributed by atoms with van der Waals surface area (Å²) in [7, 11) is 3.94. The van der Waals surface area contributed by atoms with Crippen LogP contribution in [0.15, 0.2) is 41.1 Å². The molecule has 0 atom stereocenters. The number of hydrogen-bond donors (Lipinski definition) is 0. The fourth-order valence-electron chi connectivity index (χ4n) is 2.02. The van der Waals surface area contributed by atoms with Gasteiger partial charge >= 0.3 is 0 Å². The Kier molecular flexibility index (Phi) is 4.17. The van der Waals surface area contributed by atoms with Crippen LogP contribution in [0.4, 0.5) is 5.13 Å². The highest BCUT2D eigenvalue weighted by Gasteiger charge is 2.23. The molecule has 2 aromatic heterocycles. The topological polar surface area (TPSA) is 62.5 Å². The van der Waals surface area contributed by atoms with Crippen LogP contribution in [0.1, 0.15) is 10.6 Å². The molecule has 0 aliphatic heterocycles. The van der Waals surface area contributed by atoms with Crippen LogP contribution in [0.2, 0.25) is 0 Å². The molecule has 0 bridgehead atoms. The van der Waals surface area contributed by atoms with Crippen molar-refractivity contribution in [2.75, 3.05) is 32.1 Å². The zero-order chi connectivity index (χ0) is 15.5. The molecular formula is C15H16N4O2S. The van der Waals surface area contributed by atoms with E-state index in [9.17, 15) is 4.79 Å². The predicted octanol–water partition coefficient (Wildman–Crippen LogP) is 2.49. The summed E-state index contributed by atoms with van der Waals surface area (Å²) in [6.07, 6.45) is 1.47. The molecule has 22 heavy (non-hydrogen) atoms. The van der Waals surface area contributed by atoms with Gasteiger partial charge in [0.15, 0.2) is 5.13 Å². The Morgan fingerprint density at radius 2 is 2.05 bits per heavy atom. The second kappa shape index (κ2) is 6.25. The Morgan fingerprint density at radius 1 is 1.23 bits per heavy atom. The van der Waals surface area contributed by atoms with Crippen molar-refractivity contribution in [2.45, 2.75) is 0 Å². The summed E-state index contributed by atoms with van der Waals surface area (Å²) >= 11 is 1.50. The molecule has 2 heterocycles. The number of hydrogen-bond acceptors (Lipinski definition) is 6. The van der Waals surface area contributed by atoms with Crippen molar-refractivity contribution in [3.8, 4) is 0 Å². The van der Waals surface area contributed by atoms with Gasteiger partial charge in [0.05, 0.1) is 16.4 Å². The van der Waals surface area contributed by atoms with Gasteiger partial charge in [0.2, 0.25) is 5.76 Å². The van der Waals surface area contributed by atoms with E-state index >= 15 is 0 Å². The maximum atomic E-state index is 12.6. The van der Waals surface area contributed by atoms with Crippen LogP contribution < -0.4 is 4.90 Å². The minimum atomic E-state index is -0.224. The molecule has 3 aromatic rings. The van der Waals surface area contributed by atoms with Crippen LogP contribution >= 0.6 is 11.3 Å². The normalized spacial score (nSPS) is 11.2. The van der Waals surface area contributed by atoms with Crippen molar-refractivity contribution in [3.05, 3.63) is 42.3 Å². The number of carbonyl (C=O) groups is 1. The number of amides is 1. The lowest BCUT2D eigenvalue weighted by Crippen LogP contribution is -2.36. The summed E-state index contributed by atoms with van der Waals surface area (Å²) in [5.41, 5.74) is 0.891. The monoisotopic (exact) mass is 316 g/mol. The first-order valence-corrected chi connectivity index (χ1v) is 7.69. The number of carbonyl (C=O) groups excluding carboxylic acids is 1. The average Bonchev–Trinajstić information content (AvgIpc) is 3.16. The lowest BCUT2D eigenvalue weighted by atomic mass is 10.3. The molecule has 0 N–H and O–H groups in total. The number of anilines is 1. The van der Waals surface area contributed by atoms with Gasteiger partial charge in [-0.2, -0.15) is 0 Å². The highest BCUT2D eigenvalue weighted by molar-refractivity contribution is 7.22. The lowest BCUT2D eigenvalue weighted by molar-refractivity contribution is 0.0949. The molecule has 7 heteroatoms. The summed E-state index contributed by atoms with van der Waals surface area (Å²) in [6, 6.07) is 9.41. The fourth-order valence-corrected chi connectivity index (χ4v) is 3.01. The predicted molar refractivity (Wildman–Crippen MR) is 86.4 cm³/mol. The molecule has 1 aromatic carbocycles. The summed E-state index contributed by atoms with van der Waals surface area (Å²) < 4.78 is 6.05. The highest BCUT2D eigenvalue weighted by atomic mass is 32.1. The van der Waals surface area contributed by atoms with Gasteiger partial charge in [-0.15, -0.1) is 0 Å². The highest BCUT2D eigenvalue weighted by Crippen LogP contribution is 2.29. The van der Waals surface area contributed by atoms with E-state index in [0.29, 0.717) is 11.7 Å². The minimum absolute atomic E-state index is 0.220. The van der Waals surface area contributed by atoms with Crippen molar-refractivity contribution in [1.29, 1.82) is 0 Å². The molecule has 1 amide bonds. The first-order chi connectivity index (χ1) is 10.6. The first-order valence-electron chi connectivity index (χ1n) is 6.88. The molecule has 6 nitrogen and oxygen atoms in total. The SMILES string of the molecule is CN(C)CCN(C(=O)c1ccno1)c1nc2ccccc2s1. The molecule has 0 aliphatic rings. The molecular weight excluding hydrogens is 300 g/mol. The van der Waals surface area contributed by atoms with E-state index in [0.717, 1.165) is 16.8 Å². The van der Waals surface area contributed by atoms with E-state index in [2.05, 4.69) is 10.1 Å². The molecule has 0 radical (unpaired) electrons. The molecule has 0 aliphatic carbocycles. The van der Waals surface area contributed by atoms with Gasteiger partial charge in [-0.3, -0.25) is 9.69 Å². The smallest absolute Gasteiger partial charge is 0.298 e. The number of para-hydroxylation sites is 1. The molecule has 0 fully saturated rings. The van der Waals surface area contributed by atoms with Crippen molar-refractivity contribution in [2.24, 2.45) is 0 Å². The number of rotatable bonds is 5. The maximum Gasteiger partial charge on any atom is 0.298 e. The average molecular weight is 316 g/mol. The van der Waals surface area contributed by atoms with Gasteiger partial charge in [-0.05, 0) is 26.2 Å². The Bertz CT molecular complexity index is 734. The van der Waals surface area contributed by atoms with Crippen molar-refractivity contribution >= 4 is 32.6 Å². The number of nitrogens with zero attached hydrogens (tertiary/aromatic N) is 4. The largest absolute Gasteiger partial charge is 0.351 e. The second-order valence-corrected chi connectivity index (χ2v) is 6.11. The third-order valence-electron chi connectivity index (χ3n) is 3.18. The zero-order valence-corrected chi connectivity index (χ0v) is 13.2. The van der Waals surface area contributed by atoms with Crippen molar-refractivity contribution in [3.63, 3.8) is 0 Å². The number of fused-ring (bicyclic) bond motifs is 1. The molecule has 3 rings (SSSR count). The Morgan fingerprint density at radius 3 is 2.73 bits per heavy atom. The number of likely N-dealkylation sites (N-methyl/N-ethyl adjacent to an activating group) is 1. The Labute approximate surface area is 132 Å². The molecule has 0 saturated carbocycles. The maximum absolute atomic E-state index is 12.6. The van der Waals surface area contributed by atoms with E-state index in [-0.39, 0.29) is 11.7 Å². The fraction of sp³-hybridized carbons (Fsp3) is 0.267. The van der Waals surface area contributed by atoms with E-state index < -0.39 is 0 Å². The van der Waals surface area contributed by atoms with Gasteiger partial charge in [0.1, 0.15) is 0 Å². The van der Waals surface area contributed by atoms with Gasteiger partial charge < -0.3 is 9.42 Å². The number of benzene rings is 1. The van der Waals surface area contributed by atoms with Crippen LogP contribution in [0.5, 0.6) is 0 Å². The van der Waals surface area contributed by atoms with E-state index in [4.69, 9.17) is 4.52 Å². The second-order valence-electron chi connectivity index (χ2n) is 5.10. The van der Waals surface area contributed by atoms with Gasteiger partial charge in [0, 0.05) is 19.2 Å². The first kappa shape index (κ1) is 14.7. The lowest BCUT2D eigenvalue weighted by Gasteiger charge is -2.20. The summed E-state index contributed by atoms with van der Waals surface area (Å²) in [5, 5.41) is 4.28. The Hall–Kier alpha value is -2.25. The third kappa shape index (κ3) is 3.00.